The smallest absolute Gasteiger partial charge is 0.213 e. The molecule has 2 N–H and O–H groups in total. The topological polar surface area (TPSA) is 48.1 Å². The summed E-state index contributed by atoms with van der Waals surface area (Å²) in [5.41, 5.74) is 7.67. The lowest BCUT2D eigenvalue weighted by Gasteiger charge is -2.15. The van der Waals surface area contributed by atoms with Gasteiger partial charge in [0.1, 0.15) is 0 Å². The summed E-state index contributed by atoms with van der Waals surface area (Å²) in [4.78, 5) is 4.43. The van der Waals surface area contributed by atoms with Crippen LogP contribution in [0.2, 0.25) is 0 Å². The molecule has 3 nitrogen and oxygen atoms in total. The van der Waals surface area contributed by atoms with E-state index >= 15 is 0 Å². The Morgan fingerprint density at radius 1 is 1.33 bits per heavy atom. The predicted octanol–water partition coefficient (Wildman–Crippen LogP) is 3.44. The molecule has 0 aromatic carbocycles. The first-order valence-electron chi connectivity index (χ1n) is 7.00. The van der Waals surface area contributed by atoms with Gasteiger partial charge in [-0.05, 0) is 24.8 Å². The Morgan fingerprint density at radius 3 is 2.67 bits per heavy atom. The van der Waals surface area contributed by atoms with E-state index in [0.29, 0.717) is 12.5 Å². The Labute approximate surface area is 111 Å². The standard InChI is InChI=1S/C15H26N2O/c1-4-6-7-13(5-2)11-18-15-9-8-14(10-16)12(3)17-15/h8-9,13H,4-7,10-11,16H2,1-3H3. The molecule has 18 heavy (non-hydrogen) atoms. The molecule has 3 heteroatoms. The summed E-state index contributed by atoms with van der Waals surface area (Å²) < 4.78 is 5.78. The molecule has 0 amide bonds. The average molecular weight is 250 g/mol. The summed E-state index contributed by atoms with van der Waals surface area (Å²) >= 11 is 0. The summed E-state index contributed by atoms with van der Waals surface area (Å²) in [7, 11) is 0. The Hall–Kier alpha value is -1.09. The number of pyridine rings is 1. The normalized spacial score (nSPS) is 12.4. The fraction of sp³-hybridized carbons (Fsp3) is 0.667. The van der Waals surface area contributed by atoms with Crippen molar-refractivity contribution in [2.24, 2.45) is 11.7 Å². The highest BCUT2D eigenvalue weighted by molar-refractivity contribution is 5.24. The van der Waals surface area contributed by atoms with Crippen molar-refractivity contribution in [3.63, 3.8) is 0 Å². The molecule has 1 atom stereocenters. The molecule has 0 saturated heterocycles. The van der Waals surface area contributed by atoms with Gasteiger partial charge in [0.2, 0.25) is 5.88 Å². The molecular weight excluding hydrogens is 224 g/mol. The molecular formula is C15H26N2O. The number of ether oxygens (including phenoxy) is 1. The van der Waals surface area contributed by atoms with Crippen LogP contribution in [0, 0.1) is 12.8 Å². The Balaban J connectivity index is 2.49. The van der Waals surface area contributed by atoms with Crippen LogP contribution in [-0.4, -0.2) is 11.6 Å². The summed E-state index contributed by atoms with van der Waals surface area (Å²) in [6, 6.07) is 3.92. The van der Waals surface area contributed by atoms with E-state index in [2.05, 4.69) is 18.8 Å². The minimum Gasteiger partial charge on any atom is -0.477 e. The van der Waals surface area contributed by atoms with Crippen LogP contribution in [0.3, 0.4) is 0 Å². The maximum Gasteiger partial charge on any atom is 0.213 e. The van der Waals surface area contributed by atoms with Crippen molar-refractivity contribution < 1.29 is 4.74 Å². The minimum atomic E-state index is 0.535. The van der Waals surface area contributed by atoms with E-state index in [4.69, 9.17) is 10.5 Å². The van der Waals surface area contributed by atoms with Gasteiger partial charge in [0.25, 0.3) is 0 Å². The number of rotatable bonds is 8. The van der Waals surface area contributed by atoms with Crippen LogP contribution in [0.1, 0.15) is 50.8 Å². The molecule has 0 fully saturated rings. The fourth-order valence-electron chi connectivity index (χ4n) is 1.96. The number of nitrogens with two attached hydrogens (primary N) is 1. The Morgan fingerprint density at radius 2 is 2.11 bits per heavy atom. The monoisotopic (exact) mass is 250 g/mol. The van der Waals surface area contributed by atoms with Crippen molar-refractivity contribution in [3.8, 4) is 5.88 Å². The van der Waals surface area contributed by atoms with Crippen LogP contribution in [0.5, 0.6) is 5.88 Å². The van der Waals surface area contributed by atoms with Gasteiger partial charge in [-0.3, -0.25) is 0 Å². The van der Waals surface area contributed by atoms with Crippen molar-refractivity contribution in [2.75, 3.05) is 6.61 Å². The molecule has 1 unspecified atom stereocenters. The number of nitrogens with zero attached hydrogens (tertiary/aromatic N) is 1. The van der Waals surface area contributed by atoms with Crippen LogP contribution in [0.4, 0.5) is 0 Å². The molecule has 1 aromatic heterocycles. The molecule has 1 aromatic rings. The third-order valence-corrected chi connectivity index (χ3v) is 3.40. The van der Waals surface area contributed by atoms with Crippen LogP contribution in [0.15, 0.2) is 12.1 Å². The van der Waals surface area contributed by atoms with Gasteiger partial charge in [0, 0.05) is 18.3 Å². The van der Waals surface area contributed by atoms with Gasteiger partial charge < -0.3 is 10.5 Å². The van der Waals surface area contributed by atoms with Crippen LogP contribution in [0.25, 0.3) is 0 Å². The molecule has 0 bridgehead atoms. The lowest BCUT2D eigenvalue weighted by Crippen LogP contribution is -2.12. The zero-order chi connectivity index (χ0) is 13.4. The highest BCUT2D eigenvalue weighted by Gasteiger charge is 2.08. The zero-order valence-electron chi connectivity index (χ0n) is 11.9. The number of aromatic nitrogens is 1. The number of hydrogen-bond acceptors (Lipinski definition) is 3. The highest BCUT2D eigenvalue weighted by Crippen LogP contribution is 2.16. The first kappa shape index (κ1) is 15.0. The van der Waals surface area contributed by atoms with Crippen LogP contribution < -0.4 is 10.5 Å². The second kappa shape index (κ2) is 8.09. The molecule has 0 spiro atoms. The zero-order valence-corrected chi connectivity index (χ0v) is 11.9. The van der Waals surface area contributed by atoms with E-state index in [1.54, 1.807) is 0 Å². The van der Waals surface area contributed by atoms with E-state index < -0.39 is 0 Å². The summed E-state index contributed by atoms with van der Waals surface area (Å²) in [5.74, 6) is 1.36. The highest BCUT2D eigenvalue weighted by atomic mass is 16.5. The number of hydrogen-bond donors (Lipinski definition) is 1. The predicted molar refractivity (Wildman–Crippen MR) is 75.7 cm³/mol. The minimum absolute atomic E-state index is 0.535. The van der Waals surface area contributed by atoms with Gasteiger partial charge in [0.15, 0.2) is 0 Å². The molecule has 0 saturated carbocycles. The summed E-state index contributed by atoms with van der Waals surface area (Å²) in [6.45, 7) is 7.73. The van der Waals surface area contributed by atoms with Gasteiger partial charge in [-0.1, -0.05) is 39.2 Å². The van der Waals surface area contributed by atoms with E-state index in [9.17, 15) is 0 Å². The van der Waals surface area contributed by atoms with Gasteiger partial charge in [-0.25, -0.2) is 4.98 Å². The average Bonchev–Trinajstić information content (AvgIpc) is 2.39. The number of aryl methyl sites for hydroxylation is 1. The fourth-order valence-corrected chi connectivity index (χ4v) is 1.96. The second-order valence-corrected chi connectivity index (χ2v) is 4.83. The van der Waals surface area contributed by atoms with Gasteiger partial charge in [-0.15, -0.1) is 0 Å². The third-order valence-electron chi connectivity index (χ3n) is 3.40. The molecule has 1 rings (SSSR count). The molecule has 1 heterocycles. The van der Waals surface area contributed by atoms with Gasteiger partial charge >= 0.3 is 0 Å². The summed E-state index contributed by atoms with van der Waals surface area (Å²) in [6.07, 6.45) is 4.94. The van der Waals surface area contributed by atoms with E-state index in [0.717, 1.165) is 23.7 Å². The van der Waals surface area contributed by atoms with Crippen molar-refractivity contribution in [3.05, 3.63) is 23.4 Å². The van der Waals surface area contributed by atoms with E-state index in [-0.39, 0.29) is 0 Å². The number of unbranched alkanes of at least 4 members (excludes halogenated alkanes) is 1. The quantitative estimate of drug-likeness (QED) is 0.768. The molecule has 0 aliphatic rings. The second-order valence-electron chi connectivity index (χ2n) is 4.83. The first-order valence-corrected chi connectivity index (χ1v) is 7.00. The summed E-state index contributed by atoms with van der Waals surface area (Å²) in [5, 5.41) is 0. The SMILES string of the molecule is CCCCC(CC)COc1ccc(CN)c(C)n1. The van der Waals surface area contributed by atoms with Crippen LogP contribution >= 0.6 is 0 Å². The molecule has 0 radical (unpaired) electrons. The van der Waals surface area contributed by atoms with Crippen molar-refractivity contribution in [1.82, 2.24) is 4.98 Å². The molecule has 0 aliphatic heterocycles. The van der Waals surface area contributed by atoms with Gasteiger partial charge in [-0.2, -0.15) is 0 Å². The maximum atomic E-state index is 5.78. The van der Waals surface area contributed by atoms with E-state index in [1.165, 1.54) is 25.7 Å². The largest absolute Gasteiger partial charge is 0.477 e. The third kappa shape index (κ3) is 4.65. The molecule has 102 valence electrons. The maximum absolute atomic E-state index is 5.78. The molecule has 0 aliphatic carbocycles. The van der Waals surface area contributed by atoms with E-state index in [1.807, 2.05) is 19.1 Å². The lowest BCUT2D eigenvalue weighted by atomic mass is 10.0. The first-order chi connectivity index (χ1) is 8.71. The van der Waals surface area contributed by atoms with Crippen molar-refractivity contribution >= 4 is 0 Å². The van der Waals surface area contributed by atoms with Crippen LogP contribution in [-0.2, 0) is 6.54 Å². The lowest BCUT2D eigenvalue weighted by molar-refractivity contribution is 0.225. The van der Waals surface area contributed by atoms with Crippen molar-refractivity contribution in [2.45, 2.75) is 53.0 Å². The Kier molecular flexibility index (Phi) is 6.73. The Bertz CT molecular complexity index is 352. The van der Waals surface area contributed by atoms with Crippen molar-refractivity contribution in [1.29, 1.82) is 0 Å². The van der Waals surface area contributed by atoms with Gasteiger partial charge in [0.05, 0.1) is 6.61 Å².